The molecule has 0 radical (unpaired) electrons. The number of rotatable bonds is 3. The lowest BCUT2D eigenvalue weighted by molar-refractivity contribution is -0.389. The van der Waals surface area contributed by atoms with Crippen LogP contribution < -0.4 is 4.90 Å². The Bertz CT molecular complexity index is 774. The van der Waals surface area contributed by atoms with Gasteiger partial charge in [-0.1, -0.05) is 19.1 Å². The highest BCUT2D eigenvalue weighted by Crippen LogP contribution is 2.38. The summed E-state index contributed by atoms with van der Waals surface area (Å²) in [5.74, 6) is 0.121. The normalized spacial score (nSPS) is 17.0. The van der Waals surface area contributed by atoms with E-state index in [4.69, 9.17) is 0 Å². The highest BCUT2D eigenvalue weighted by molar-refractivity contribution is 8.00. The Balaban J connectivity index is 1.85. The average molecular weight is 332 g/mol. The largest absolute Gasteiger partial charge is 0.381 e. The Labute approximate surface area is 137 Å². The second kappa shape index (κ2) is 6.04. The van der Waals surface area contributed by atoms with E-state index in [-0.39, 0.29) is 18.3 Å². The summed E-state index contributed by atoms with van der Waals surface area (Å²) in [6.45, 7) is 4.39. The van der Waals surface area contributed by atoms with E-state index in [9.17, 15) is 14.9 Å². The molecular weight excluding hydrogens is 316 g/mol. The third-order valence-electron chi connectivity index (χ3n) is 3.68. The summed E-state index contributed by atoms with van der Waals surface area (Å²) in [6, 6.07) is 7.79. The Morgan fingerprint density at radius 2 is 2.22 bits per heavy atom. The van der Waals surface area contributed by atoms with Gasteiger partial charge in [-0.15, -0.1) is 11.8 Å². The van der Waals surface area contributed by atoms with Gasteiger partial charge in [-0.3, -0.25) is 9.36 Å². The van der Waals surface area contributed by atoms with E-state index in [2.05, 4.69) is 11.9 Å². The van der Waals surface area contributed by atoms with Crippen LogP contribution in [0.3, 0.4) is 0 Å². The molecule has 1 aromatic heterocycles. The first kappa shape index (κ1) is 15.5. The summed E-state index contributed by atoms with van der Waals surface area (Å²) in [5, 5.41) is 11.1. The first-order chi connectivity index (χ1) is 11.0. The molecule has 7 nitrogen and oxygen atoms in total. The number of para-hydroxylation sites is 1. The molecule has 0 saturated heterocycles. The lowest BCUT2D eigenvalue weighted by Crippen LogP contribution is -2.40. The van der Waals surface area contributed by atoms with Crippen molar-refractivity contribution in [3.05, 3.63) is 46.4 Å². The molecule has 0 aliphatic carbocycles. The predicted octanol–water partition coefficient (Wildman–Crippen LogP) is 2.63. The van der Waals surface area contributed by atoms with Crippen LogP contribution in [0.2, 0.25) is 0 Å². The van der Waals surface area contributed by atoms with Gasteiger partial charge in [0, 0.05) is 23.6 Å². The molecule has 23 heavy (non-hydrogen) atoms. The fraction of sp³-hybridized carbons (Fsp3) is 0.333. The minimum Gasteiger partial charge on any atom is -0.358 e. The van der Waals surface area contributed by atoms with E-state index in [0.29, 0.717) is 17.6 Å². The van der Waals surface area contributed by atoms with E-state index in [1.165, 1.54) is 10.8 Å². The van der Waals surface area contributed by atoms with Crippen LogP contribution in [0, 0.1) is 17.0 Å². The zero-order valence-corrected chi connectivity index (χ0v) is 13.6. The molecule has 0 spiro atoms. The number of hydrogen-bond donors (Lipinski definition) is 0. The number of aromatic nitrogens is 2. The van der Waals surface area contributed by atoms with Gasteiger partial charge >= 0.3 is 5.82 Å². The van der Waals surface area contributed by atoms with Crippen LogP contribution in [-0.4, -0.2) is 32.2 Å². The van der Waals surface area contributed by atoms with Gasteiger partial charge in [0.2, 0.25) is 11.7 Å². The van der Waals surface area contributed by atoms with Gasteiger partial charge in [0.25, 0.3) is 0 Å². The van der Waals surface area contributed by atoms with Gasteiger partial charge in [-0.25, -0.2) is 0 Å². The van der Waals surface area contributed by atoms with Crippen LogP contribution in [0.4, 0.5) is 11.5 Å². The molecule has 0 unspecified atom stereocenters. The first-order valence-corrected chi connectivity index (χ1v) is 8.08. The van der Waals surface area contributed by atoms with Crippen molar-refractivity contribution >= 4 is 29.2 Å². The van der Waals surface area contributed by atoms with Crippen LogP contribution in [0.1, 0.15) is 12.7 Å². The smallest absolute Gasteiger partial charge is 0.358 e. The fourth-order valence-electron chi connectivity index (χ4n) is 2.60. The topological polar surface area (TPSA) is 81.3 Å². The molecule has 3 rings (SSSR count). The van der Waals surface area contributed by atoms with E-state index in [0.717, 1.165) is 10.6 Å². The van der Waals surface area contributed by atoms with Gasteiger partial charge in [0.1, 0.15) is 12.7 Å². The maximum Gasteiger partial charge on any atom is 0.381 e. The van der Waals surface area contributed by atoms with Crippen LogP contribution >= 0.6 is 11.8 Å². The number of carbonyl (C=O) groups excluding carboxylic acids is 1. The fourth-order valence-corrected chi connectivity index (χ4v) is 3.71. The zero-order valence-electron chi connectivity index (χ0n) is 12.8. The summed E-state index contributed by atoms with van der Waals surface area (Å²) in [6.07, 6.45) is 1.31. The molecule has 0 N–H and O–H groups in total. The zero-order chi connectivity index (χ0) is 16.6. The maximum atomic E-state index is 12.7. The van der Waals surface area contributed by atoms with Crippen molar-refractivity contribution in [3.63, 3.8) is 0 Å². The number of anilines is 1. The van der Waals surface area contributed by atoms with Crippen molar-refractivity contribution in [3.8, 4) is 0 Å². The molecule has 1 aliphatic heterocycles. The first-order valence-electron chi connectivity index (χ1n) is 7.20. The van der Waals surface area contributed by atoms with Crippen molar-refractivity contribution in [2.45, 2.75) is 30.5 Å². The lowest BCUT2D eigenvalue weighted by atomic mass is 10.2. The number of imidazole rings is 1. The summed E-state index contributed by atoms with van der Waals surface area (Å²) >= 11 is 1.75. The van der Waals surface area contributed by atoms with Crippen LogP contribution in [0.25, 0.3) is 0 Å². The lowest BCUT2D eigenvalue weighted by Gasteiger charge is -2.32. The minimum absolute atomic E-state index is 0.0401. The highest BCUT2D eigenvalue weighted by atomic mass is 32.2. The van der Waals surface area contributed by atoms with Crippen molar-refractivity contribution in [2.75, 3.05) is 11.4 Å². The number of amides is 1. The molecule has 0 saturated carbocycles. The predicted molar refractivity (Wildman–Crippen MR) is 87.7 cm³/mol. The van der Waals surface area contributed by atoms with Gasteiger partial charge in [-0.2, -0.15) is 0 Å². The molecule has 1 amide bonds. The van der Waals surface area contributed by atoms with Crippen molar-refractivity contribution in [1.82, 2.24) is 9.55 Å². The molecule has 1 aliphatic rings. The summed E-state index contributed by atoms with van der Waals surface area (Å²) in [5.41, 5.74) is 0.896. The summed E-state index contributed by atoms with van der Waals surface area (Å²) < 4.78 is 1.52. The molecular formula is C15H16N4O3S. The number of nitro groups is 1. The second-order valence-electron chi connectivity index (χ2n) is 5.43. The number of hydrogen-bond acceptors (Lipinski definition) is 5. The molecule has 120 valence electrons. The van der Waals surface area contributed by atoms with E-state index >= 15 is 0 Å². The van der Waals surface area contributed by atoms with Crippen LogP contribution in [0.15, 0.2) is 35.4 Å². The molecule has 0 fully saturated rings. The van der Waals surface area contributed by atoms with Gasteiger partial charge < -0.3 is 15.0 Å². The van der Waals surface area contributed by atoms with Gasteiger partial charge in [-0.05, 0) is 22.0 Å². The average Bonchev–Trinajstić information content (AvgIpc) is 2.87. The number of nitrogens with zero attached hydrogens (tertiary/aromatic N) is 4. The molecule has 1 aromatic carbocycles. The standard InChI is InChI=1S/C15H16N4O3S/c1-10-7-18(12-5-3-4-6-13(12)23-10)15(20)9-17-8-14(19(21)22)16-11(17)2/h3-6,8,10H,7,9H2,1-2H3/t10-/m1/s1. The summed E-state index contributed by atoms with van der Waals surface area (Å²) in [7, 11) is 0. The van der Waals surface area contributed by atoms with Crippen LogP contribution in [0.5, 0.6) is 0 Å². The van der Waals surface area contributed by atoms with E-state index in [1.54, 1.807) is 23.6 Å². The number of benzene rings is 1. The maximum absolute atomic E-state index is 12.7. The van der Waals surface area contributed by atoms with Crippen molar-refractivity contribution in [2.24, 2.45) is 0 Å². The van der Waals surface area contributed by atoms with Crippen molar-refractivity contribution < 1.29 is 9.72 Å². The number of aryl methyl sites for hydroxylation is 1. The number of carbonyl (C=O) groups is 1. The number of fused-ring (bicyclic) bond motifs is 1. The Morgan fingerprint density at radius 1 is 1.48 bits per heavy atom. The molecule has 2 heterocycles. The molecule has 1 atom stereocenters. The quantitative estimate of drug-likeness (QED) is 0.637. The number of thioether (sulfide) groups is 1. The van der Waals surface area contributed by atoms with E-state index in [1.807, 2.05) is 24.3 Å². The Kier molecular flexibility index (Phi) is 4.08. The van der Waals surface area contributed by atoms with Gasteiger partial charge in [0.05, 0.1) is 5.69 Å². The van der Waals surface area contributed by atoms with Crippen molar-refractivity contribution in [1.29, 1.82) is 0 Å². The minimum atomic E-state index is -0.553. The molecule has 0 bridgehead atoms. The SMILES string of the molecule is Cc1nc([N+](=O)[O-])cn1CC(=O)N1C[C@@H](C)Sc2ccccc21. The highest BCUT2D eigenvalue weighted by Gasteiger charge is 2.27. The second-order valence-corrected chi connectivity index (χ2v) is 6.91. The van der Waals surface area contributed by atoms with Crippen LogP contribution in [-0.2, 0) is 11.3 Å². The van der Waals surface area contributed by atoms with E-state index < -0.39 is 4.92 Å². The Hall–Kier alpha value is -2.35. The third-order valence-corrected chi connectivity index (χ3v) is 4.83. The molecule has 2 aromatic rings. The third kappa shape index (κ3) is 3.07. The van der Waals surface area contributed by atoms with Gasteiger partial charge in [0.15, 0.2) is 0 Å². The monoisotopic (exact) mass is 332 g/mol. The Morgan fingerprint density at radius 3 is 2.91 bits per heavy atom. The molecule has 8 heteroatoms. The summed E-state index contributed by atoms with van der Waals surface area (Å²) in [4.78, 5) is 29.6.